The molecule has 3 N–H and O–H groups in total. The Balaban J connectivity index is 1.76. The molecule has 0 radical (unpaired) electrons. The number of anilines is 1. The minimum absolute atomic E-state index is 0.0565. The molecule has 0 aliphatic heterocycles. The van der Waals surface area contributed by atoms with Crippen molar-refractivity contribution in [1.82, 2.24) is 15.3 Å². The molecule has 1 heterocycles. The predicted molar refractivity (Wildman–Crippen MR) is 108 cm³/mol. The van der Waals surface area contributed by atoms with E-state index in [2.05, 4.69) is 20.6 Å². The zero-order chi connectivity index (χ0) is 20.1. The SMILES string of the molecule is CC[C@@H](C)[C@@H](NC(=O)c1cccc(OC)c1)C(=O)Nc1nc2ccccc2[nH]1. The van der Waals surface area contributed by atoms with Gasteiger partial charge in [0.25, 0.3) is 5.91 Å². The predicted octanol–water partition coefficient (Wildman–Crippen LogP) is 3.35. The fourth-order valence-corrected chi connectivity index (χ4v) is 2.90. The second kappa shape index (κ2) is 8.56. The third-order valence-corrected chi connectivity index (χ3v) is 4.74. The number of H-pyrrole nitrogens is 1. The van der Waals surface area contributed by atoms with E-state index in [-0.39, 0.29) is 17.7 Å². The van der Waals surface area contributed by atoms with E-state index in [9.17, 15) is 9.59 Å². The number of rotatable bonds is 7. The summed E-state index contributed by atoms with van der Waals surface area (Å²) in [6.07, 6.45) is 0.733. The highest BCUT2D eigenvalue weighted by Crippen LogP contribution is 2.17. The molecule has 3 rings (SSSR count). The molecular weight excluding hydrogens is 356 g/mol. The lowest BCUT2D eigenvalue weighted by Crippen LogP contribution is -2.47. The van der Waals surface area contributed by atoms with E-state index in [0.29, 0.717) is 17.3 Å². The standard InChI is InChI=1S/C21H24N4O3/c1-4-13(2)18(24-19(26)14-8-7-9-15(12-14)28-3)20(27)25-21-22-16-10-5-6-11-17(16)23-21/h5-13,18H,4H2,1-3H3,(H,24,26)(H2,22,23,25,27)/t13-,18-/m1/s1. The van der Waals surface area contributed by atoms with Crippen LogP contribution < -0.4 is 15.4 Å². The summed E-state index contributed by atoms with van der Waals surface area (Å²) < 4.78 is 5.16. The first-order chi connectivity index (χ1) is 13.5. The molecular formula is C21H24N4O3. The normalized spacial score (nSPS) is 13.0. The number of hydrogen-bond acceptors (Lipinski definition) is 4. The number of hydrogen-bond donors (Lipinski definition) is 3. The molecule has 146 valence electrons. The van der Waals surface area contributed by atoms with Gasteiger partial charge in [0.2, 0.25) is 11.9 Å². The molecule has 2 atom stereocenters. The number of benzene rings is 2. The highest BCUT2D eigenvalue weighted by Gasteiger charge is 2.27. The van der Waals surface area contributed by atoms with E-state index in [1.165, 1.54) is 0 Å². The van der Waals surface area contributed by atoms with E-state index in [1.807, 2.05) is 38.1 Å². The molecule has 7 nitrogen and oxygen atoms in total. The lowest BCUT2D eigenvalue weighted by Gasteiger charge is -2.23. The summed E-state index contributed by atoms with van der Waals surface area (Å²) in [6, 6.07) is 13.6. The molecule has 0 bridgehead atoms. The van der Waals surface area contributed by atoms with Crippen molar-refractivity contribution in [1.29, 1.82) is 0 Å². The van der Waals surface area contributed by atoms with Crippen LogP contribution in [0.15, 0.2) is 48.5 Å². The first-order valence-corrected chi connectivity index (χ1v) is 9.22. The van der Waals surface area contributed by atoms with Crippen LogP contribution in [-0.2, 0) is 4.79 Å². The number of aromatic amines is 1. The van der Waals surface area contributed by atoms with Crippen LogP contribution >= 0.6 is 0 Å². The van der Waals surface area contributed by atoms with Crippen LogP contribution in [0.2, 0.25) is 0 Å². The van der Waals surface area contributed by atoms with Gasteiger partial charge in [-0.3, -0.25) is 14.9 Å². The molecule has 0 saturated carbocycles. The van der Waals surface area contributed by atoms with E-state index >= 15 is 0 Å². The van der Waals surface area contributed by atoms with Crippen LogP contribution in [0.25, 0.3) is 11.0 Å². The average Bonchev–Trinajstić information content (AvgIpc) is 3.13. The maximum absolute atomic E-state index is 12.9. The molecule has 0 aliphatic carbocycles. The molecule has 7 heteroatoms. The lowest BCUT2D eigenvalue weighted by atomic mass is 9.98. The van der Waals surface area contributed by atoms with Crippen molar-refractivity contribution < 1.29 is 14.3 Å². The maximum Gasteiger partial charge on any atom is 0.252 e. The number of aromatic nitrogens is 2. The Labute approximate surface area is 163 Å². The topological polar surface area (TPSA) is 96.1 Å². The zero-order valence-corrected chi connectivity index (χ0v) is 16.2. The van der Waals surface area contributed by atoms with E-state index in [0.717, 1.165) is 17.5 Å². The van der Waals surface area contributed by atoms with Crippen LogP contribution in [0.3, 0.4) is 0 Å². The molecule has 0 unspecified atom stereocenters. The Morgan fingerprint density at radius 2 is 1.96 bits per heavy atom. The van der Waals surface area contributed by atoms with E-state index in [4.69, 9.17) is 4.74 Å². The Bertz CT molecular complexity index is 949. The first-order valence-electron chi connectivity index (χ1n) is 9.22. The number of para-hydroxylation sites is 2. The number of fused-ring (bicyclic) bond motifs is 1. The van der Waals surface area contributed by atoms with Gasteiger partial charge in [-0.05, 0) is 36.2 Å². The highest BCUT2D eigenvalue weighted by atomic mass is 16.5. The number of amides is 2. The molecule has 0 saturated heterocycles. The minimum Gasteiger partial charge on any atom is -0.497 e. The van der Waals surface area contributed by atoms with Gasteiger partial charge in [-0.25, -0.2) is 4.98 Å². The van der Waals surface area contributed by atoms with Crippen molar-refractivity contribution in [3.63, 3.8) is 0 Å². The molecule has 3 aromatic rings. The minimum atomic E-state index is -0.697. The number of methoxy groups -OCH3 is 1. The van der Waals surface area contributed by atoms with Gasteiger partial charge in [0.05, 0.1) is 18.1 Å². The third-order valence-electron chi connectivity index (χ3n) is 4.74. The van der Waals surface area contributed by atoms with Gasteiger partial charge in [0.15, 0.2) is 0 Å². The molecule has 0 fully saturated rings. The van der Waals surface area contributed by atoms with Crippen LogP contribution in [0, 0.1) is 5.92 Å². The van der Waals surface area contributed by atoms with Gasteiger partial charge >= 0.3 is 0 Å². The fraction of sp³-hybridized carbons (Fsp3) is 0.286. The summed E-state index contributed by atoms with van der Waals surface area (Å²) in [5.41, 5.74) is 2.03. The molecule has 28 heavy (non-hydrogen) atoms. The Morgan fingerprint density at radius 3 is 2.68 bits per heavy atom. The number of carbonyl (C=O) groups excluding carboxylic acids is 2. The van der Waals surface area contributed by atoms with Gasteiger partial charge in [-0.15, -0.1) is 0 Å². The molecule has 2 amide bonds. The zero-order valence-electron chi connectivity index (χ0n) is 16.2. The Kier molecular flexibility index (Phi) is 5.93. The van der Waals surface area contributed by atoms with E-state index in [1.54, 1.807) is 31.4 Å². The summed E-state index contributed by atoms with van der Waals surface area (Å²) in [5.74, 6) is 0.238. The second-order valence-electron chi connectivity index (χ2n) is 6.66. The van der Waals surface area contributed by atoms with Crippen molar-refractivity contribution in [3.8, 4) is 5.75 Å². The molecule has 0 aliphatic rings. The second-order valence-corrected chi connectivity index (χ2v) is 6.66. The maximum atomic E-state index is 12.9. The third kappa shape index (κ3) is 4.31. The number of nitrogens with one attached hydrogen (secondary N) is 3. The van der Waals surface area contributed by atoms with Crippen LogP contribution in [0.1, 0.15) is 30.6 Å². The summed E-state index contributed by atoms with van der Waals surface area (Å²) in [7, 11) is 1.54. The van der Waals surface area contributed by atoms with Crippen LogP contribution in [0.5, 0.6) is 5.75 Å². The van der Waals surface area contributed by atoms with Crippen molar-refractivity contribution in [2.24, 2.45) is 5.92 Å². The number of ether oxygens (including phenoxy) is 1. The smallest absolute Gasteiger partial charge is 0.252 e. The quantitative estimate of drug-likeness (QED) is 0.586. The molecule has 1 aromatic heterocycles. The highest BCUT2D eigenvalue weighted by molar-refractivity contribution is 6.01. The van der Waals surface area contributed by atoms with E-state index < -0.39 is 6.04 Å². The van der Waals surface area contributed by atoms with Gasteiger partial charge in [0, 0.05) is 5.56 Å². The van der Waals surface area contributed by atoms with Gasteiger partial charge in [-0.2, -0.15) is 0 Å². The summed E-state index contributed by atoms with van der Waals surface area (Å²) in [4.78, 5) is 33.0. The summed E-state index contributed by atoms with van der Waals surface area (Å²) in [5, 5.41) is 5.62. The summed E-state index contributed by atoms with van der Waals surface area (Å²) >= 11 is 0. The van der Waals surface area contributed by atoms with Gasteiger partial charge in [-0.1, -0.05) is 38.5 Å². The van der Waals surface area contributed by atoms with Crippen molar-refractivity contribution in [3.05, 3.63) is 54.1 Å². The van der Waals surface area contributed by atoms with Crippen LogP contribution in [-0.4, -0.2) is 34.9 Å². The fourth-order valence-electron chi connectivity index (χ4n) is 2.90. The Morgan fingerprint density at radius 1 is 1.18 bits per heavy atom. The number of imidazole rings is 1. The van der Waals surface area contributed by atoms with Gasteiger partial charge < -0.3 is 15.0 Å². The average molecular weight is 380 g/mol. The first kappa shape index (κ1) is 19.4. The number of nitrogens with zero attached hydrogens (tertiary/aromatic N) is 1. The largest absolute Gasteiger partial charge is 0.497 e. The van der Waals surface area contributed by atoms with Crippen molar-refractivity contribution in [2.75, 3.05) is 12.4 Å². The molecule has 2 aromatic carbocycles. The van der Waals surface area contributed by atoms with Crippen molar-refractivity contribution in [2.45, 2.75) is 26.3 Å². The molecule has 0 spiro atoms. The Hall–Kier alpha value is -3.35. The van der Waals surface area contributed by atoms with Crippen LogP contribution in [0.4, 0.5) is 5.95 Å². The van der Waals surface area contributed by atoms with Crippen molar-refractivity contribution >= 4 is 28.8 Å². The monoisotopic (exact) mass is 380 g/mol. The lowest BCUT2D eigenvalue weighted by molar-refractivity contribution is -0.119. The van der Waals surface area contributed by atoms with Gasteiger partial charge in [0.1, 0.15) is 11.8 Å². The number of carbonyl (C=O) groups is 2. The summed E-state index contributed by atoms with van der Waals surface area (Å²) in [6.45, 7) is 3.90.